The van der Waals surface area contributed by atoms with E-state index in [-0.39, 0.29) is 29.8 Å². The largest absolute Gasteiger partial charge is 0.357 e. The monoisotopic (exact) mass is 587 g/mol. The number of amides is 1. The van der Waals surface area contributed by atoms with Crippen molar-refractivity contribution in [1.29, 1.82) is 0 Å². The maximum absolute atomic E-state index is 14.4. The van der Waals surface area contributed by atoms with E-state index in [1.165, 1.54) is 0 Å². The van der Waals surface area contributed by atoms with E-state index in [9.17, 15) is 18.0 Å². The topological polar surface area (TPSA) is 80.8 Å². The molecule has 0 unspecified atom stereocenters. The Balaban J connectivity index is 1.90. The van der Waals surface area contributed by atoms with Crippen LogP contribution in [0.25, 0.3) is 0 Å². The fourth-order valence-corrected chi connectivity index (χ4v) is 6.76. The van der Waals surface area contributed by atoms with E-state index in [2.05, 4.69) is 0 Å². The zero-order valence-corrected chi connectivity index (χ0v) is 26.2. The standard InChI is InChI=1S/C32H42ClNO5S/c1-20-11-13-22(14-12-20)28-29(23-9-8-10-24(33)17-23)39-26(18-27(35)31(2,3)4)30(36)34(28)25(21-15-16-21)19-40(37,38)32(5,6)7/h8-14,17,21,25-26,28-29H,15-16,18-19H2,1-7H3/t25-,26-,28-,29-/m1/s1. The van der Waals surface area contributed by atoms with Gasteiger partial charge in [0.15, 0.2) is 9.84 Å². The minimum absolute atomic E-state index is 0.0612. The number of nitrogens with zero attached hydrogens (tertiary/aromatic N) is 1. The van der Waals surface area contributed by atoms with Crippen LogP contribution in [0.5, 0.6) is 0 Å². The number of carbonyl (C=O) groups excluding carboxylic acids is 2. The van der Waals surface area contributed by atoms with Gasteiger partial charge in [-0.2, -0.15) is 0 Å². The predicted octanol–water partition coefficient (Wildman–Crippen LogP) is 6.66. The molecule has 4 atom stereocenters. The van der Waals surface area contributed by atoms with Crippen LogP contribution >= 0.6 is 11.6 Å². The molecule has 8 heteroatoms. The van der Waals surface area contributed by atoms with E-state index in [0.717, 1.165) is 29.5 Å². The molecule has 1 saturated heterocycles. The Morgan fingerprint density at radius 3 is 2.17 bits per heavy atom. The van der Waals surface area contributed by atoms with E-state index in [1.807, 2.05) is 70.2 Å². The summed E-state index contributed by atoms with van der Waals surface area (Å²) < 4.78 is 32.7. The van der Waals surface area contributed by atoms with Gasteiger partial charge in [-0.1, -0.05) is 74.3 Å². The number of aryl methyl sites for hydroxylation is 1. The van der Waals surface area contributed by atoms with E-state index in [4.69, 9.17) is 16.3 Å². The summed E-state index contributed by atoms with van der Waals surface area (Å²) >= 11 is 6.41. The first kappa shape index (κ1) is 30.7. The number of sulfone groups is 1. The fraction of sp³-hybridized carbons (Fsp3) is 0.562. The maximum Gasteiger partial charge on any atom is 0.253 e. The second-order valence-corrected chi connectivity index (χ2v) is 16.6. The molecule has 0 spiro atoms. The third-order valence-electron chi connectivity index (χ3n) is 8.08. The van der Waals surface area contributed by atoms with Crippen molar-refractivity contribution in [3.05, 3.63) is 70.2 Å². The average molecular weight is 588 g/mol. The lowest BCUT2D eigenvalue weighted by Crippen LogP contribution is -2.58. The van der Waals surface area contributed by atoms with Crippen molar-refractivity contribution in [2.75, 3.05) is 5.75 Å². The highest BCUT2D eigenvalue weighted by Gasteiger charge is 2.52. The normalized spacial score (nSPS) is 23.2. The Hall–Kier alpha value is -2.22. The molecule has 2 aromatic rings. The maximum atomic E-state index is 14.4. The number of halogens is 1. The van der Waals surface area contributed by atoms with Crippen molar-refractivity contribution < 1.29 is 22.7 Å². The molecule has 1 saturated carbocycles. The van der Waals surface area contributed by atoms with Crippen LogP contribution in [-0.2, 0) is 24.2 Å². The number of hydrogen-bond acceptors (Lipinski definition) is 5. The fourth-order valence-electron chi connectivity index (χ4n) is 5.18. The van der Waals surface area contributed by atoms with Crippen molar-refractivity contribution >= 4 is 33.1 Å². The van der Waals surface area contributed by atoms with Crippen LogP contribution in [-0.4, -0.2) is 47.7 Å². The van der Waals surface area contributed by atoms with Gasteiger partial charge in [-0.15, -0.1) is 0 Å². The van der Waals surface area contributed by atoms with Crippen molar-refractivity contribution in [3.63, 3.8) is 0 Å². The van der Waals surface area contributed by atoms with Crippen LogP contribution < -0.4 is 0 Å². The van der Waals surface area contributed by atoms with E-state index < -0.39 is 44.3 Å². The summed E-state index contributed by atoms with van der Waals surface area (Å²) in [6, 6.07) is 14.1. The Bertz CT molecular complexity index is 1350. The van der Waals surface area contributed by atoms with Gasteiger partial charge in [-0.3, -0.25) is 9.59 Å². The van der Waals surface area contributed by atoms with Crippen molar-refractivity contribution in [2.45, 2.75) is 96.8 Å². The number of morpholine rings is 1. The Labute approximate surface area is 244 Å². The van der Waals surface area contributed by atoms with Crippen LogP contribution in [0.4, 0.5) is 0 Å². The molecule has 1 amide bonds. The van der Waals surface area contributed by atoms with Crippen molar-refractivity contribution in [2.24, 2.45) is 11.3 Å². The molecule has 40 heavy (non-hydrogen) atoms. The highest BCUT2D eigenvalue weighted by Crippen LogP contribution is 2.48. The Kier molecular flexibility index (Phi) is 8.62. The van der Waals surface area contributed by atoms with Crippen molar-refractivity contribution in [3.8, 4) is 0 Å². The minimum Gasteiger partial charge on any atom is -0.357 e. The predicted molar refractivity (Wildman–Crippen MR) is 159 cm³/mol. The average Bonchev–Trinajstić information content (AvgIpc) is 3.68. The molecule has 2 aromatic carbocycles. The first-order chi connectivity index (χ1) is 18.5. The molecule has 2 fully saturated rings. The first-order valence-electron chi connectivity index (χ1n) is 14.0. The second-order valence-electron chi connectivity index (χ2n) is 13.4. The van der Waals surface area contributed by atoms with Gasteiger partial charge in [0, 0.05) is 22.9 Å². The van der Waals surface area contributed by atoms with Gasteiger partial charge in [-0.05, 0) is 69.7 Å². The number of Topliss-reactive ketones (excluding diaryl/α,β-unsaturated/α-hetero) is 1. The zero-order chi connectivity index (χ0) is 29.6. The SMILES string of the molecule is Cc1ccc([C@@H]2[C@@H](c3cccc(Cl)c3)O[C@H](CC(=O)C(C)(C)C)C(=O)N2[C@H](CS(=O)(=O)C(C)(C)C)C2CC2)cc1. The molecule has 0 N–H and O–H groups in total. The zero-order valence-electron chi connectivity index (χ0n) is 24.6. The second kappa shape index (κ2) is 11.2. The molecular formula is C32H42ClNO5S. The summed E-state index contributed by atoms with van der Waals surface area (Å²) in [5.41, 5.74) is 2.04. The number of rotatable bonds is 8. The number of carbonyl (C=O) groups is 2. The van der Waals surface area contributed by atoms with Gasteiger partial charge in [0.2, 0.25) is 0 Å². The summed E-state index contributed by atoms with van der Waals surface area (Å²) in [4.78, 5) is 29.4. The summed E-state index contributed by atoms with van der Waals surface area (Å²) in [6.07, 6.45) is -0.0576. The molecule has 1 aliphatic heterocycles. The van der Waals surface area contributed by atoms with Crippen LogP contribution in [0.3, 0.4) is 0 Å². The van der Waals surface area contributed by atoms with E-state index in [0.29, 0.717) is 5.02 Å². The first-order valence-corrected chi connectivity index (χ1v) is 16.1. The lowest BCUT2D eigenvalue weighted by atomic mass is 9.85. The molecule has 1 aliphatic carbocycles. The molecule has 0 bridgehead atoms. The van der Waals surface area contributed by atoms with Crippen molar-refractivity contribution in [1.82, 2.24) is 4.90 Å². The number of ketones is 1. The molecular weight excluding hydrogens is 546 g/mol. The van der Waals surface area contributed by atoms with Gasteiger partial charge < -0.3 is 9.64 Å². The number of benzene rings is 2. The lowest BCUT2D eigenvalue weighted by molar-refractivity contribution is -0.181. The molecule has 4 rings (SSSR count). The number of hydrogen-bond donors (Lipinski definition) is 0. The Morgan fingerprint density at radius 2 is 1.65 bits per heavy atom. The summed E-state index contributed by atoms with van der Waals surface area (Å²) in [6.45, 7) is 12.6. The van der Waals surface area contributed by atoms with Crippen LogP contribution in [0.2, 0.25) is 5.02 Å². The molecule has 6 nitrogen and oxygen atoms in total. The van der Waals surface area contributed by atoms with Crippen LogP contribution in [0, 0.1) is 18.3 Å². The minimum atomic E-state index is -3.56. The van der Waals surface area contributed by atoms with Crippen LogP contribution in [0.15, 0.2) is 48.5 Å². The lowest BCUT2D eigenvalue weighted by Gasteiger charge is -2.49. The molecule has 2 aliphatic rings. The van der Waals surface area contributed by atoms with Gasteiger partial charge >= 0.3 is 0 Å². The van der Waals surface area contributed by atoms with E-state index >= 15 is 0 Å². The highest BCUT2D eigenvalue weighted by atomic mass is 35.5. The van der Waals surface area contributed by atoms with Gasteiger partial charge in [0.25, 0.3) is 5.91 Å². The quantitative estimate of drug-likeness (QED) is 0.345. The third kappa shape index (κ3) is 6.63. The molecule has 218 valence electrons. The highest BCUT2D eigenvalue weighted by molar-refractivity contribution is 7.92. The Morgan fingerprint density at radius 1 is 1.02 bits per heavy atom. The number of ether oxygens (including phenoxy) is 1. The molecule has 1 heterocycles. The summed E-state index contributed by atoms with van der Waals surface area (Å²) in [5.74, 6) is -0.499. The molecule has 0 radical (unpaired) electrons. The van der Waals surface area contributed by atoms with Gasteiger partial charge in [-0.25, -0.2) is 8.42 Å². The van der Waals surface area contributed by atoms with E-state index in [1.54, 1.807) is 31.7 Å². The molecule has 0 aromatic heterocycles. The third-order valence-corrected chi connectivity index (χ3v) is 11.0. The van der Waals surface area contributed by atoms with Gasteiger partial charge in [0.05, 0.1) is 16.5 Å². The van der Waals surface area contributed by atoms with Gasteiger partial charge in [0.1, 0.15) is 18.0 Å². The van der Waals surface area contributed by atoms with Crippen LogP contribution in [0.1, 0.15) is 89.6 Å². The summed E-state index contributed by atoms with van der Waals surface area (Å²) in [7, 11) is -3.56. The smallest absolute Gasteiger partial charge is 0.253 e. The summed E-state index contributed by atoms with van der Waals surface area (Å²) in [5, 5.41) is 0.531.